The van der Waals surface area contributed by atoms with E-state index >= 15 is 0 Å². The average molecular weight is 218 g/mol. The first-order valence-electron chi connectivity index (χ1n) is 5.16. The van der Waals surface area contributed by atoms with Gasteiger partial charge in [0.2, 0.25) is 0 Å². The van der Waals surface area contributed by atoms with Crippen molar-refractivity contribution in [3.63, 3.8) is 0 Å². The van der Waals surface area contributed by atoms with Crippen LogP contribution in [0.2, 0.25) is 5.02 Å². The van der Waals surface area contributed by atoms with Crippen molar-refractivity contribution in [3.05, 3.63) is 47.0 Å². The molecule has 0 aliphatic heterocycles. The van der Waals surface area contributed by atoms with Gasteiger partial charge in [-0.05, 0) is 47.4 Å². The van der Waals surface area contributed by atoms with Gasteiger partial charge in [0.1, 0.15) is 0 Å². The van der Waals surface area contributed by atoms with Crippen molar-refractivity contribution in [1.82, 2.24) is 0 Å². The molecule has 0 bridgehead atoms. The molecule has 2 aromatic carbocycles. The van der Waals surface area contributed by atoms with E-state index in [4.69, 9.17) is 17.3 Å². The van der Waals surface area contributed by atoms with Gasteiger partial charge in [-0.2, -0.15) is 0 Å². The minimum Gasteiger partial charge on any atom is -0.321 e. The molecule has 0 amide bonds. The molecule has 3 rings (SSSR count). The molecule has 15 heavy (non-hydrogen) atoms. The van der Waals surface area contributed by atoms with E-state index in [1.165, 1.54) is 16.3 Å². The van der Waals surface area contributed by atoms with Gasteiger partial charge in [0.15, 0.2) is 0 Å². The highest BCUT2D eigenvalue weighted by molar-refractivity contribution is 6.31. The minimum absolute atomic E-state index is 0.0590. The number of nitrogens with two attached hydrogens (primary N) is 1. The Morgan fingerprint density at radius 1 is 1.00 bits per heavy atom. The number of benzene rings is 2. The quantitative estimate of drug-likeness (QED) is 0.778. The third kappa shape index (κ3) is 1.52. The second-order valence-electron chi connectivity index (χ2n) is 4.36. The van der Waals surface area contributed by atoms with Crippen LogP contribution in [0.4, 0.5) is 0 Å². The highest BCUT2D eigenvalue weighted by Crippen LogP contribution is 2.43. The van der Waals surface area contributed by atoms with Gasteiger partial charge >= 0.3 is 0 Å². The maximum absolute atomic E-state index is 6.16. The smallest absolute Gasteiger partial charge is 0.0412 e. The van der Waals surface area contributed by atoms with Crippen molar-refractivity contribution >= 4 is 22.4 Å². The molecule has 2 N–H and O–H groups in total. The van der Waals surface area contributed by atoms with Crippen LogP contribution >= 0.6 is 11.6 Å². The Labute approximate surface area is 93.8 Å². The molecule has 1 saturated carbocycles. The molecular weight excluding hydrogens is 206 g/mol. The molecule has 76 valence electrons. The van der Waals surface area contributed by atoms with Crippen LogP contribution in [0.3, 0.4) is 0 Å². The SMILES string of the molecule is NC1(c2ccc3ccc(Cl)cc3c2)CC1. The lowest BCUT2D eigenvalue weighted by Crippen LogP contribution is -2.18. The number of fused-ring (bicyclic) bond motifs is 1. The van der Waals surface area contributed by atoms with Crippen molar-refractivity contribution in [1.29, 1.82) is 0 Å². The molecule has 1 nitrogen and oxygen atoms in total. The number of halogens is 1. The third-order valence-corrected chi connectivity index (χ3v) is 3.40. The normalized spacial score (nSPS) is 18.0. The van der Waals surface area contributed by atoms with E-state index in [-0.39, 0.29) is 5.54 Å². The van der Waals surface area contributed by atoms with Gasteiger partial charge in [-0.25, -0.2) is 0 Å². The Kier molecular flexibility index (Phi) is 1.82. The first kappa shape index (κ1) is 9.20. The monoisotopic (exact) mass is 217 g/mol. The van der Waals surface area contributed by atoms with E-state index in [0.29, 0.717) is 0 Å². The predicted molar refractivity (Wildman–Crippen MR) is 64.1 cm³/mol. The zero-order valence-corrected chi connectivity index (χ0v) is 9.09. The van der Waals surface area contributed by atoms with Crippen molar-refractivity contribution in [2.75, 3.05) is 0 Å². The topological polar surface area (TPSA) is 26.0 Å². The highest BCUT2D eigenvalue weighted by Gasteiger charge is 2.39. The zero-order valence-electron chi connectivity index (χ0n) is 8.33. The largest absolute Gasteiger partial charge is 0.321 e. The van der Waals surface area contributed by atoms with Gasteiger partial charge in [0, 0.05) is 10.6 Å². The summed E-state index contributed by atoms with van der Waals surface area (Å²) >= 11 is 5.97. The van der Waals surface area contributed by atoms with Crippen LogP contribution in [0.15, 0.2) is 36.4 Å². The maximum Gasteiger partial charge on any atom is 0.0412 e. The zero-order chi connectivity index (χ0) is 10.5. The van der Waals surface area contributed by atoms with Gasteiger partial charge in [0.25, 0.3) is 0 Å². The van der Waals surface area contributed by atoms with Crippen molar-refractivity contribution in [2.45, 2.75) is 18.4 Å². The van der Waals surface area contributed by atoms with Crippen LogP contribution < -0.4 is 5.73 Å². The Bertz CT molecular complexity index is 529. The molecule has 0 saturated heterocycles. The van der Waals surface area contributed by atoms with Crippen LogP contribution in [-0.4, -0.2) is 0 Å². The predicted octanol–water partition coefficient (Wildman–Crippen LogP) is 3.44. The minimum atomic E-state index is -0.0590. The third-order valence-electron chi connectivity index (χ3n) is 3.17. The Hall–Kier alpha value is -1.05. The number of rotatable bonds is 1. The summed E-state index contributed by atoms with van der Waals surface area (Å²) in [6.45, 7) is 0. The second kappa shape index (κ2) is 2.97. The Balaban J connectivity index is 2.20. The Morgan fingerprint density at radius 2 is 1.73 bits per heavy atom. The molecule has 1 aliphatic rings. The van der Waals surface area contributed by atoms with Crippen LogP contribution in [0.25, 0.3) is 10.8 Å². The van der Waals surface area contributed by atoms with E-state index in [1.54, 1.807) is 0 Å². The van der Waals surface area contributed by atoms with Crippen LogP contribution in [0, 0.1) is 0 Å². The lowest BCUT2D eigenvalue weighted by Gasteiger charge is -2.10. The molecule has 2 aromatic rings. The summed E-state index contributed by atoms with van der Waals surface area (Å²) < 4.78 is 0. The average Bonchev–Trinajstić information content (AvgIpc) is 2.97. The van der Waals surface area contributed by atoms with Gasteiger partial charge in [-0.1, -0.05) is 29.8 Å². The van der Waals surface area contributed by atoms with Gasteiger partial charge in [0.05, 0.1) is 0 Å². The summed E-state index contributed by atoms with van der Waals surface area (Å²) in [7, 11) is 0. The summed E-state index contributed by atoms with van der Waals surface area (Å²) in [5.74, 6) is 0. The lowest BCUT2D eigenvalue weighted by atomic mass is 10.0. The molecule has 2 heteroatoms. The number of hydrogen-bond donors (Lipinski definition) is 1. The fraction of sp³-hybridized carbons (Fsp3) is 0.231. The molecule has 1 aliphatic carbocycles. The van der Waals surface area contributed by atoms with Crippen molar-refractivity contribution < 1.29 is 0 Å². The standard InChI is InChI=1S/C13H12ClN/c14-12-4-2-9-1-3-11(7-10(9)8-12)13(15)5-6-13/h1-4,7-8H,5-6,15H2. The number of hydrogen-bond acceptors (Lipinski definition) is 1. The molecule has 0 heterocycles. The van der Waals surface area contributed by atoms with Crippen LogP contribution in [0.1, 0.15) is 18.4 Å². The summed E-state index contributed by atoms with van der Waals surface area (Å²) in [6, 6.07) is 12.4. The van der Waals surface area contributed by atoms with E-state index in [0.717, 1.165) is 17.9 Å². The fourth-order valence-electron chi connectivity index (χ4n) is 1.95. The van der Waals surface area contributed by atoms with E-state index < -0.39 is 0 Å². The molecule has 0 spiro atoms. The van der Waals surface area contributed by atoms with Crippen LogP contribution in [0.5, 0.6) is 0 Å². The molecule has 1 fully saturated rings. The van der Waals surface area contributed by atoms with E-state index in [1.807, 2.05) is 18.2 Å². The molecule has 0 radical (unpaired) electrons. The molecule has 0 unspecified atom stereocenters. The van der Waals surface area contributed by atoms with Crippen molar-refractivity contribution in [3.8, 4) is 0 Å². The van der Waals surface area contributed by atoms with E-state index in [2.05, 4.69) is 18.2 Å². The molecular formula is C13H12ClN. The van der Waals surface area contributed by atoms with Gasteiger partial charge in [-0.3, -0.25) is 0 Å². The maximum atomic E-state index is 6.16. The van der Waals surface area contributed by atoms with Crippen molar-refractivity contribution in [2.24, 2.45) is 5.73 Å². The van der Waals surface area contributed by atoms with Gasteiger partial charge in [-0.15, -0.1) is 0 Å². The van der Waals surface area contributed by atoms with Crippen LogP contribution in [-0.2, 0) is 5.54 Å². The molecule has 0 aromatic heterocycles. The summed E-state index contributed by atoms with van der Waals surface area (Å²) in [5, 5.41) is 3.17. The second-order valence-corrected chi connectivity index (χ2v) is 4.80. The summed E-state index contributed by atoms with van der Waals surface area (Å²) in [5.41, 5.74) is 7.34. The first-order valence-corrected chi connectivity index (χ1v) is 5.54. The first-order chi connectivity index (χ1) is 7.17. The highest BCUT2D eigenvalue weighted by atomic mass is 35.5. The van der Waals surface area contributed by atoms with Gasteiger partial charge < -0.3 is 5.73 Å². The summed E-state index contributed by atoms with van der Waals surface area (Å²) in [6.07, 6.45) is 2.19. The summed E-state index contributed by atoms with van der Waals surface area (Å²) in [4.78, 5) is 0. The molecule has 0 atom stereocenters. The fourth-order valence-corrected chi connectivity index (χ4v) is 2.13. The Morgan fingerprint density at radius 3 is 2.47 bits per heavy atom. The van der Waals surface area contributed by atoms with E-state index in [9.17, 15) is 0 Å². The lowest BCUT2D eigenvalue weighted by molar-refractivity contribution is 0.741.